The van der Waals surface area contributed by atoms with Gasteiger partial charge < -0.3 is 10.1 Å². The zero-order valence-corrected chi connectivity index (χ0v) is 9.90. The fourth-order valence-electron chi connectivity index (χ4n) is 1.30. The van der Waals surface area contributed by atoms with Crippen molar-refractivity contribution < 1.29 is 14.3 Å². The molecule has 1 amide bonds. The highest BCUT2D eigenvalue weighted by atomic mass is 16.5. The lowest BCUT2D eigenvalue weighted by atomic mass is 10.1. The van der Waals surface area contributed by atoms with Crippen molar-refractivity contribution in [1.29, 1.82) is 0 Å². The molecule has 1 unspecified atom stereocenters. The SMILES string of the molecule is C=C(C)C(=O)NC(C(=O)OC)c1ccccc1. The number of amides is 1. The van der Waals surface area contributed by atoms with Gasteiger partial charge in [-0.3, -0.25) is 4.79 Å². The molecule has 1 rings (SSSR count). The molecule has 0 aliphatic rings. The number of benzene rings is 1. The number of hydrogen-bond acceptors (Lipinski definition) is 3. The number of nitrogens with one attached hydrogen (secondary N) is 1. The highest BCUT2D eigenvalue weighted by Gasteiger charge is 2.23. The van der Waals surface area contributed by atoms with E-state index in [1.807, 2.05) is 6.07 Å². The molecule has 1 N–H and O–H groups in total. The monoisotopic (exact) mass is 233 g/mol. The van der Waals surface area contributed by atoms with Crippen LogP contribution in [0.1, 0.15) is 18.5 Å². The van der Waals surface area contributed by atoms with Gasteiger partial charge in [-0.05, 0) is 12.5 Å². The molecule has 1 atom stereocenters. The Bertz CT molecular complexity index is 426. The van der Waals surface area contributed by atoms with Gasteiger partial charge in [0.1, 0.15) is 0 Å². The van der Waals surface area contributed by atoms with Gasteiger partial charge in [0.2, 0.25) is 5.91 Å². The molecule has 0 aromatic heterocycles. The first kappa shape index (κ1) is 13.0. The van der Waals surface area contributed by atoms with Gasteiger partial charge in [-0.15, -0.1) is 0 Å². The smallest absolute Gasteiger partial charge is 0.333 e. The summed E-state index contributed by atoms with van der Waals surface area (Å²) in [4.78, 5) is 23.1. The quantitative estimate of drug-likeness (QED) is 0.634. The fourth-order valence-corrected chi connectivity index (χ4v) is 1.30. The molecule has 0 saturated heterocycles. The van der Waals surface area contributed by atoms with Gasteiger partial charge in [0.25, 0.3) is 0 Å². The Morgan fingerprint density at radius 3 is 2.35 bits per heavy atom. The summed E-state index contributed by atoms with van der Waals surface area (Å²) < 4.78 is 4.66. The van der Waals surface area contributed by atoms with E-state index in [4.69, 9.17) is 0 Å². The first-order valence-electron chi connectivity index (χ1n) is 5.15. The van der Waals surface area contributed by atoms with Crippen LogP contribution in [-0.2, 0) is 14.3 Å². The van der Waals surface area contributed by atoms with Gasteiger partial charge in [0, 0.05) is 5.57 Å². The highest BCUT2D eigenvalue weighted by molar-refractivity contribution is 5.95. The number of esters is 1. The van der Waals surface area contributed by atoms with E-state index in [1.54, 1.807) is 31.2 Å². The number of hydrogen-bond donors (Lipinski definition) is 1. The van der Waals surface area contributed by atoms with Gasteiger partial charge in [0.05, 0.1) is 7.11 Å². The van der Waals surface area contributed by atoms with E-state index in [0.29, 0.717) is 11.1 Å². The molecule has 4 heteroatoms. The minimum Gasteiger partial charge on any atom is -0.467 e. The summed E-state index contributed by atoms with van der Waals surface area (Å²) in [5, 5.41) is 2.57. The molecule has 0 saturated carbocycles. The summed E-state index contributed by atoms with van der Waals surface area (Å²) in [6, 6.07) is 8.11. The zero-order valence-electron chi connectivity index (χ0n) is 9.90. The summed E-state index contributed by atoms with van der Waals surface area (Å²) in [5.74, 6) is -0.880. The molecule has 0 heterocycles. The van der Waals surface area contributed by atoms with Gasteiger partial charge >= 0.3 is 5.97 Å². The summed E-state index contributed by atoms with van der Waals surface area (Å²) in [6.07, 6.45) is 0. The van der Waals surface area contributed by atoms with Crippen LogP contribution < -0.4 is 5.32 Å². The maximum atomic E-state index is 11.6. The van der Waals surface area contributed by atoms with Crippen LogP contribution in [0, 0.1) is 0 Å². The van der Waals surface area contributed by atoms with E-state index < -0.39 is 12.0 Å². The molecule has 0 fully saturated rings. The summed E-state index contributed by atoms with van der Waals surface area (Å²) in [7, 11) is 1.28. The van der Waals surface area contributed by atoms with Crippen molar-refractivity contribution in [2.45, 2.75) is 13.0 Å². The maximum absolute atomic E-state index is 11.6. The minimum atomic E-state index is -0.801. The molecule has 0 aliphatic heterocycles. The average molecular weight is 233 g/mol. The predicted octanol–water partition coefficient (Wildman–Crippen LogP) is 1.59. The van der Waals surface area contributed by atoms with Crippen molar-refractivity contribution in [2.75, 3.05) is 7.11 Å². The molecule has 0 aliphatic carbocycles. The number of ether oxygens (including phenoxy) is 1. The van der Waals surface area contributed by atoms with Crippen molar-refractivity contribution in [2.24, 2.45) is 0 Å². The number of carbonyl (C=O) groups excluding carboxylic acids is 2. The summed E-state index contributed by atoms with van der Waals surface area (Å²) in [5.41, 5.74) is 1.02. The first-order valence-corrected chi connectivity index (χ1v) is 5.15. The molecular formula is C13H15NO3. The van der Waals surface area contributed by atoms with E-state index in [0.717, 1.165) is 0 Å². The normalized spacial score (nSPS) is 11.4. The third-order valence-electron chi connectivity index (χ3n) is 2.23. The lowest BCUT2D eigenvalue weighted by molar-refractivity contribution is -0.144. The van der Waals surface area contributed by atoms with Crippen LogP contribution in [-0.4, -0.2) is 19.0 Å². The largest absolute Gasteiger partial charge is 0.467 e. The summed E-state index contributed by atoms with van der Waals surface area (Å²) in [6.45, 7) is 5.10. The van der Waals surface area contributed by atoms with Crippen LogP contribution in [0.25, 0.3) is 0 Å². The average Bonchev–Trinajstić information content (AvgIpc) is 2.35. The molecule has 0 spiro atoms. The Kier molecular flexibility index (Phi) is 4.46. The van der Waals surface area contributed by atoms with Crippen molar-refractivity contribution in [3.05, 3.63) is 48.0 Å². The maximum Gasteiger partial charge on any atom is 0.333 e. The van der Waals surface area contributed by atoms with Gasteiger partial charge in [0.15, 0.2) is 6.04 Å². The van der Waals surface area contributed by atoms with Gasteiger partial charge in [-0.1, -0.05) is 36.9 Å². The second-order valence-corrected chi connectivity index (χ2v) is 3.62. The summed E-state index contributed by atoms with van der Waals surface area (Å²) >= 11 is 0. The topological polar surface area (TPSA) is 55.4 Å². The molecule has 1 aromatic carbocycles. The van der Waals surface area contributed by atoms with Crippen LogP contribution in [0.2, 0.25) is 0 Å². The molecule has 1 aromatic rings. The molecule has 0 bridgehead atoms. The standard InChI is InChI=1S/C13H15NO3/c1-9(2)12(15)14-11(13(16)17-3)10-7-5-4-6-8-10/h4-8,11H,1H2,2-3H3,(H,14,15). The number of rotatable bonds is 4. The van der Waals surface area contributed by atoms with Crippen LogP contribution in [0.3, 0.4) is 0 Å². The van der Waals surface area contributed by atoms with Crippen LogP contribution in [0.4, 0.5) is 0 Å². The molecule has 90 valence electrons. The highest BCUT2D eigenvalue weighted by Crippen LogP contribution is 2.14. The van der Waals surface area contributed by atoms with Crippen molar-refractivity contribution in [1.82, 2.24) is 5.32 Å². The van der Waals surface area contributed by atoms with Crippen LogP contribution >= 0.6 is 0 Å². The first-order chi connectivity index (χ1) is 8.06. The minimum absolute atomic E-state index is 0.342. The van der Waals surface area contributed by atoms with Crippen LogP contribution in [0.15, 0.2) is 42.5 Å². The Morgan fingerprint density at radius 2 is 1.88 bits per heavy atom. The third kappa shape index (κ3) is 3.45. The number of methoxy groups -OCH3 is 1. The lowest BCUT2D eigenvalue weighted by Crippen LogP contribution is -2.34. The second kappa shape index (κ2) is 5.84. The Balaban J connectivity index is 2.93. The Morgan fingerprint density at radius 1 is 1.29 bits per heavy atom. The van der Waals surface area contributed by atoms with E-state index in [1.165, 1.54) is 7.11 Å². The van der Waals surface area contributed by atoms with Crippen molar-refractivity contribution >= 4 is 11.9 Å². The Labute approximate surface area is 100 Å². The van der Waals surface area contributed by atoms with Crippen molar-refractivity contribution in [3.8, 4) is 0 Å². The predicted molar refractivity (Wildman–Crippen MR) is 64.2 cm³/mol. The molecule has 17 heavy (non-hydrogen) atoms. The van der Waals surface area contributed by atoms with Gasteiger partial charge in [-0.2, -0.15) is 0 Å². The van der Waals surface area contributed by atoms with Crippen LogP contribution in [0.5, 0.6) is 0 Å². The molecule has 4 nitrogen and oxygen atoms in total. The lowest BCUT2D eigenvalue weighted by Gasteiger charge is -2.16. The molecule has 0 radical (unpaired) electrons. The molecular weight excluding hydrogens is 218 g/mol. The second-order valence-electron chi connectivity index (χ2n) is 3.62. The third-order valence-corrected chi connectivity index (χ3v) is 2.23. The van der Waals surface area contributed by atoms with E-state index in [9.17, 15) is 9.59 Å². The van der Waals surface area contributed by atoms with E-state index >= 15 is 0 Å². The zero-order chi connectivity index (χ0) is 12.8. The van der Waals surface area contributed by atoms with E-state index in [-0.39, 0.29) is 5.91 Å². The Hall–Kier alpha value is -2.10. The number of carbonyl (C=O) groups is 2. The van der Waals surface area contributed by atoms with Gasteiger partial charge in [-0.25, -0.2) is 4.79 Å². The van der Waals surface area contributed by atoms with E-state index in [2.05, 4.69) is 16.6 Å². The van der Waals surface area contributed by atoms with Crippen molar-refractivity contribution in [3.63, 3.8) is 0 Å². The fraction of sp³-hybridized carbons (Fsp3) is 0.231.